The molecule has 0 amide bonds. The van der Waals surface area contributed by atoms with Crippen LogP contribution in [0.1, 0.15) is 37.9 Å². The molecule has 3 aliphatic heterocycles. The molecule has 2 bridgehead atoms. The Morgan fingerprint density at radius 1 is 1.08 bits per heavy atom. The molecule has 3 fully saturated rings. The van der Waals surface area contributed by atoms with Crippen LogP contribution in [-0.4, -0.2) is 34.7 Å². The topological polar surface area (TPSA) is 32.5 Å². The van der Waals surface area contributed by atoms with Crippen LogP contribution in [0.25, 0.3) is 22.1 Å². The average Bonchev–Trinajstić information content (AvgIpc) is 2.94. The second-order valence-electron chi connectivity index (χ2n) is 8.05. The molecule has 4 nitrogen and oxygen atoms in total. The molecule has 5 heterocycles. The Morgan fingerprint density at radius 2 is 1.80 bits per heavy atom. The lowest BCUT2D eigenvalue weighted by atomic mass is 9.82. The predicted octanol–water partition coefficient (Wildman–Crippen LogP) is 4.62. The Kier molecular flexibility index (Phi) is 3.03. The molecule has 0 radical (unpaired) electrons. The standard InChI is InChI=1S/C21H25N3O/c1-13-5-7-16-17-8-6-14(2)22-20(17)25-19(16)18(13)24-15(3)23-11-9-21(24,4)10-12-23/h5-8,15H,9-12H2,1-4H3. The van der Waals surface area contributed by atoms with Crippen molar-refractivity contribution in [1.29, 1.82) is 0 Å². The van der Waals surface area contributed by atoms with Crippen LogP contribution in [0.5, 0.6) is 0 Å². The number of nitrogens with zero attached hydrogens (tertiary/aromatic N) is 3. The van der Waals surface area contributed by atoms with E-state index in [1.54, 1.807) is 0 Å². The van der Waals surface area contributed by atoms with Crippen LogP contribution in [0.4, 0.5) is 5.69 Å². The molecule has 130 valence electrons. The van der Waals surface area contributed by atoms with E-state index in [-0.39, 0.29) is 5.54 Å². The molecule has 0 saturated carbocycles. The minimum absolute atomic E-state index is 0.204. The fourth-order valence-electron chi connectivity index (χ4n) is 4.89. The zero-order valence-corrected chi connectivity index (χ0v) is 15.5. The number of aryl methyl sites for hydroxylation is 2. The van der Waals surface area contributed by atoms with E-state index in [9.17, 15) is 0 Å². The predicted molar refractivity (Wildman–Crippen MR) is 102 cm³/mol. The summed E-state index contributed by atoms with van der Waals surface area (Å²) in [5.74, 6) is 0. The number of piperidine rings is 1. The van der Waals surface area contributed by atoms with Crippen molar-refractivity contribution in [2.24, 2.45) is 0 Å². The number of rotatable bonds is 1. The first-order chi connectivity index (χ1) is 12.0. The quantitative estimate of drug-likeness (QED) is 0.650. The van der Waals surface area contributed by atoms with Gasteiger partial charge in [0, 0.05) is 35.1 Å². The van der Waals surface area contributed by atoms with Crippen LogP contribution in [-0.2, 0) is 0 Å². The molecule has 3 aromatic rings. The molecular formula is C21H25N3O. The second kappa shape index (κ2) is 4.98. The number of hydrogen-bond acceptors (Lipinski definition) is 4. The Labute approximate surface area is 148 Å². The molecule has 4 heteroatoms. The number of hydrogen-bond donors (Lipinski definition) is 0. The van der Waals surface area contributed by atoms with E-state index in [2.05, 4.69) is 59.8 Å². The van der Waals surface area contributed by atoms with Crippen molar-refractivity contribution in [3.63, 3.8) is 0 Å². The molecular weight excluding hydrogens is 310 g/mol. The van der Waals surface area contributed by atoms with E-state index in [1.807, 2.05) is 6.92 Å². The van der Waals surface area contributed by atoms with E-state index < -0.39 is 0 Å². The van der Waals surface area contributed by atoms with Crippen molar-refractivity contribution in [2.75, 3.05) is 18.0 Å². The van der Waals surface area contributed by atoms with Crippen LogP contribution < -0.4 is 4.90 Å². The molecule has 3 saturated heterocycles. The van der Waals surface area contributed by atoms with Crippen LogP contribution in [0.15, 0.2) is 28.7 Å². The van der Waals surface area contributed by atoms with Crippen LogP contribution in [0.3, 0.4) is 0 Å². The van der Waals surface area contributed by atoms with Crippen molar-refractivity contribution in [1.82, 2.24) is 9.88 Å². The first-order valence-electron chi connectivity index (χ1n) is 9.31. The third-order valence-corrected chi connectivity index (χ3v) is 6.42. The molecule has 6 rings (SSSR count). The number of anilines is 1. The fraction of sp³-hybridized carbons (Fsp3) is 0.476. The van der Waals surface area contributed by atoms with Crippen molar-refractivity contribution in [3.05, 3.63) is 35.5 Å². The highest BCUT2D eigenvalue weighted by atomic mass is 16.3. The van der Waals surface area contributed by atoms with Gasteiger partial charge in [-0.25, -0.2) is 4.98 Å². The van der Waals surface area contributed by atoms with E-state index in [0.29, 0.717) is 6.17 Å². The number of fused-ring (bicyclic) bond motifs is 6. The molecule has 1 aromatic carbocycles. The summed E-state index contributed by atoms with van der Waals surface area (Å²) in [6.45, 7) is 11.4. The summed E-state index contributed by atoms with van der Waals surface area (Å²) in [4.78, 5) is 9.83. The molecule has 2 aromatic heterocycles. The molecule has 0 N–H and O–H groups in total. The first-order valence-corrected chi connectivity index (χ1v) is 9.31. The first kappa shape index (κ1) is 15.2. The van der Waals surface area contributed by atoms with Gasteiger partial charge >= 0.3 is 0 Å². The Balaban J connectivity index is 1.81. The fourth-order valence-corrected chi connectivity index (χ4v) is 4.89. The number of pyridine rings is 1. The molecule has 0 spiro atoms. The Morgan fingerprint density at radius 3 is 2.52 bits per heavy atom. The van der Waals surface area contributed by atoms with Gasteiger partial charge in [-0.1, -0.05) is 12.1 Å². The molecule has 1 atom stereocenters. The summed E-state index contributed by atoms with van der Waals surface area (Å²) in [5.41, 5.74) is 5.48. The minimum Gasteiger partial charge on any atom is -0.436 e. The largest absolute Gasteiger partial charge is 0.436 e. The van der Waals surface area contributed by atoms with Crippen LogP contribution in [0.2, 0.25) is 0 Å². The summed E-state index contributed by atoms with van der Waals surface area (Å²) in [7, 11) is 0. The summed E-state index contributed by atoms with van der Waals surface area (Å²) in [6.07, 6.45) is 2.83. The average molecular weight is 335 g/mol. The molecule has 25 heavy (non-hydrogen) atoms. The number of benzene rings is 1. The van der Waals surface area contributed by atoms with Crippen molar-refractivity contribution in [2.45, 2.75) is 52.2 Å². The van der Waals surface area contributed by atoms with Gasteiger partial charge in [-0.05, 0) is 58.2 Å². The third kappa shape index (κ3) is 2.00. The maximum atomic E-state index is 6.33. The van der Waals surface area contributed by atoms with Crippen LogP contribution in [0, 0.1) is 13.8 Å². The Bertz CT molecular complexity index is 982. The maximum absolute atomic E-state index is 6.33. The summed E-state index contributed by atoms with van der Waals surface area (Å²) in [6, 6.07) is 8.63. The van der Waals surface area contributed by atoms with E-state index in [1.165, 1.54) is 42.6 Å². The van der Waals surface area contributed by atoms with Crippen LogP contribution >= 0.6 is 0 Å². The summed E-state index contributed by atoms with van der Waals surface area (Å²) < 4.78 is 6.33. The molecule has 1 unspecified atom stereocenters. The van der Waals surface area contributed by atoms with Gasteiger partial charge in [-0.2, -0.15) is 0 Å². The lowest BCUT2D eigenvalue weighted by Crippen LogP contribution is -2.68. The highest BCUT2D eigenvalue weighted by molar-refractivity contribution is 6.08. The van der Waals surface area contributed by atoms with Gasteiger partial charge in [0.1, 0.15) is 0 Å². The SMILES string of the molecule is Cc1ccc2c(n1)oc1c(N3C(C)N4CCC3(C)CC4)c(C)ccc12. The molecule has 0 aliphatic carbocycles. The van der Waals surface area contributed by atoms with E-state index in [0.717, 1.165) is 22.4 Å². The zero-order chi connectivity index (χ0) is 17.3. The normalized spacial score (nSPS) is 29.0. The minimum atomic E-state index is 0.204. The highest BCUT2D eigenvalue weighted by Gasteiger charge is 2.47. The van der Waals surface area contributed by atoms with Crippen molar-refractivity contribution in [3.8, 4) is 0 Å². The Hall–Kier alpha value is -2.07. The van der Waals surface area contributed by atoms with Gasteiger partial charge in [0.15, 0.2) is 5.58 Å². The second-order valence-corrected chi connectivity index (χ2v) is 8.05. The monoisotopic (exact) mass is 335 g/mol. The lowest BCUT2D eigenvalue weighted by Gasteiger charge is -2.59. The zero-order valence-electron chi connectivity index (χ0n) is 15.5. The van der Waals surface area contributed by atoms with Gasteiger partial charge in [0.05, 0.1) is 11.9 Å². The van der Waals surface area contributed by atoms with E-state index in [4.69, 9.17) is 4.42 Å². The van der Waals surface area contributed by atoms with Gasteiger partial charge < -0.3 is 9.32 Å². The smallest absolute Gasteiger partial charge is 0.227 e. The van der Waals surface area contributed by atoms with Crippen molar-refractivity contribution >= 4 is 27.8 Å². The molecule has 3 aliphatic rings. The van der Waals surface area contributed by atoms with Crippen molar-refractivity contribution < 1.29 is 4.42 Å². The summed E-state index contributed by atoms with van der Waals surface area (Å²) in [5, 5.41) is 2.29. The number of aromatic nitrogens is 1. The highest BCUT2D eigenvalue weighted by Crippen LogP contribution is 2.46. The van der Waals surface area contributed by atoms with Gasteiger partial charge in [0.25, 0.3) is 0 Å². The van der Waals surface area contributed by atoms with E-state index >= 15 is 0 Å². The van der Waals surface area contributed by atoms with Gasteiger partial charge in [-0.15, -0.1) is 0 Å². The third-order valence-electron chi connectivity index (χ3n) is 6.42. The lowest BCUT2D eigenvalue weighted by molar-refractivity contribution is 0.0487. The van der Waals surface area contributed by atoms with Gasteiger partial charge in [-0.3, -0.25) is 4.90 Å². The maximum Gasteiger partial charge on any atom is 0.227 e. The summed E-state index contributed by atoms with van der Waals surface area (Å²) >= 11 is 0. The van der Waals surface area contributed by atoms with Gasteiger partial charge in [0.2, 0.25) is 5.71 Å². The number of furan rings is 1.